The van der Waals surface area contributed by atoms with Gasteiger partial charge in [-0.15, -0.1) is 10.2 Å². The second kappa shape index (κ2) is 9.35. The molecule has 3 aromatic rings. The van der Waals surface area contributed by atoms with Crippen LogP contribution in [-0.4, -0.2) is 53.8 Å². The molecule has 7 heteroatoms. The van der Waals surface area contributed by atoms with Crippen LogP contribution in [0, 0.1) is 13.8 Å². The molecule has 2 aromatic carbocycles. The molecule has 4 rings (SSSR count). The molecule has 1 saturated heterocycles. The van der Waals surface area contributed by atoms with E-state index < -0.39 is 0 Å². The van der Waals surface area contributed by atoms with E-state index in [1.807, 2.05) is 48.2 Å². The molecule has 31 heavy (non-hydrogen) atoms. The predicted molar refractivity (Wildman–Crippen MR) is 123 cm³/mol. The summed E-state index contributed by atoms with van der Waals surface area (Å²) in [5.74, 6) is 1.32. The normalized spacial score (nSPS) is 13.9. The van der Waals surface area contributed by atoms with E-state index in [2.05, 4.69) is 34.2 Å². The van der Waals surface area contributed by atoms with Crippen molar-refractivity contribution in [2.24, 2.45) is 0 Å². The van der Waals surface area contributed by atoms with Crippen LogP contribution in [0.5, 0.6) is 5.75 Å². The SMILES string of the molecule is Cc1ccc(Cl)c(OCC(=O)N2CCN(c3ccc(-c4ccccc4C)nn3)CC2)c1. The Bertz CT molecular complexity index is 1060. The third kappa shape index (κ3) is 4.97. The number of piperazine rings is 1. The summed E-state index contributed by atoms with van der Waals surface area (Å²) < 4.78 is 5.65. The number of aryl methyl sites for hydroxylation is 2. The average molecular weight is 437 g/mol. The van der Waals surface area contributed by atoms with Crippen molar-refractivity contribution in [1.82, 2.24) is 15.1 Å². The highest BCUT2D eigenvalue weighted by Crippen LogP contribution is 2.25. The summed E-state index contributed by atoms with van der Waals surface area (Å²) >= 11 is 6.14. The van der Waals surface area contributed by atoms with Crippen molar-refractivity contribution in [1.29, 1.82) is 0 Å². The molecule has 1 aliphatic heterocycles. The lowest BCUT2D eigenvalue weighted by atomic mass is 10.1. The van der Waals surface area contributed by atoms with Gasteiger partial charge in [0, 0.05) is 31.7 Å². The number of anilines is 1. The van der Waals surface area contributed by atoms with Gasteiger partial charge < -0.3 is 14.5 Å². The number of ether oxygens (including phenoxy) is 1. The number of halogens is 1. The largest absolute Gasteiger partial charge is 0.482 e. The first kappa shape index (κ1) is 21.1. The maximum atomic E-state index is 12.6. The van der Waals surface area contributed by atoms with Crippen LogP contribution in [-0.2, 0) is 4.79 Å². The van der Waals surface area contributed by atoms with E-state index in [9.17, 15) is 4.79 Å². The van der Waals surface area contributed by atoms with Gasteiger partial charge in [-0.25, -0.2) is 0 Å². The fourth-order valence-electron chi connectivity index (χ4n) is 3.63. The molecule has 6 nitrogen and oxygen atoms in total. The molecule has 0 N–H and O–H groups in total. The molecule has 0 unspecified atom stereocenters. The van der Waals surface area contributed by atoms with Gasteiger partial charge in [-0.1, -0.05) is 41.9 Å². The van der Waals surface area contributed by atoms with Crippen molar-refractivity contribution in [2.45, 2.75) is 13.8 Å². The lowest BCUT2D eigenvalue weighted by Gasteiger charge is -2.35. The number of nitrogens with zero attached hydrogens (tertiary/aromatic N) is 4. The van der Waals surface area contributed by atoms with E-state index in [-0.39, 0.29) is 12.5 Å². The molecule has 1 aromatic heterocycles. The summed E-state index contributed by atoms with van der Waals surface area (Å²) in [4.78, 5) is 16.5. The van der Waals surface area contributed by atoms with Crippen molar-refractivity contribution in [2.75, 3.05) is 37.7 Å². The van der Waals surface area contributed by atoms with E-state index >= 15 is 0 Å². The molecule has 2 heterocycles. The highest BCUT2D eigenvalue weighted by atomic mass is 35.5. The van der Waals surface area contributed by atoms with Crippen LogP contribution < -0.4 is 9.64 Å². The van der Waals surface area contributed by atoms with E-state index in [1.165, 1.54) is 5.56 Å². The topological polar surface area (TPSA) is 58.6 Å². The van der Waals surface area contributed by atoms with E-state index in [0.717, 1.165) is 22.6 Å². The summed E-state index contributed by atoms with van der Waals surface area (Å²) in [6, 6.07) is 17.7. The summed E-state index contributed by atoms with van der Waals surface area (Å²) in [5, 5.41) is 9.34. The fraction of sp³-hybridized carbons (Fsp3) is 0.292. The quantitative estimate of drug-likeness (QED) is 0.601. The molecule has 0 atom stereocenters. The molecule has 0 saturated carbocycles. The smallest absolute Gasteiger partial charge is 0.260 e. The van der Waals surface area contributed by atoms with Crippen LogP contribution in [0.15, 0.2) is 54.6 Å². The minimum Gasteiger partial charge on any atom is -0.482 e. The summed E-state index contributed by atoms with van der Waals surface area (Å²) in [6.07, 6.45) is 0. The van der Waals surface area contributed by atoms with Crippen molar-refractivity contribution in [3.8, 4) is 17.0 Å². The Morgan fingerprint density at radius 2 is 1.77 bits per heavy atom. The van der Waals surface area contributed by atoms with Crippen molar-refractivity contribution >= 4 is 23.3 Å². The van der Waals surface area contributed by atoms with E-state index in [4.69, 9.17) is 16.3 Å². The zero-order valence-corrected chi connectivity index (χ0v) is 18.5. The Morgan fingerprint density at radius 1 is 1.00 bits per heavy atom. The molecule has 160 valence electrons. The zero-order valence-electron chi connectivity index (χ0n) is 17.7. The third-order valence-corrected chi connectivity index (χ3v) is 5.78. The molecular formula is C24H25ClN4O2. The maximum Gasteiger partial charge on any atom is 0.260 e. The number of hydrogen-bond donors (Lipinski definition) is 0. The summed E-state index contributed by atoms with van der Waals surface area (Å²) in [7, 11) is 0. The molecule has 1 fully saturated rings. The summed E-state index contributed by atoms with van der Waals surface area (Å²) in [5.41, 5.74) is 4.16. The molecule has 0 radical (unpaired) electrons. The van der Waals surface area contributed by atoms with Gasteiger partial charge in [0.1, 0.15) is 5.75 Å². The van der Waals surface area contributed by atoms with Crippen LogP contribution in [0.4, 0.5) is 5.82 Å². The zero-order chi connectivity index (χ0) is 21.8. The highest BCUT2D eigenvalue weighted by molar-refractivity contribution is 6.32. The van der Waals surface area contributed by atoms with E-state index in [0.29, 0.717) is 37.0 Å². The summed E-state index contributed by atoms with van der Waals surface area (Å²) in [6.45, 7) is 6.65. The Kier molecular flexibility index (Phi) is 6.37. The number of benzene rings is 2. The van der Waals surface area contributed by atoms with Crippen LogP contribution >= 0.6 is 11.6 Å². The van der Waals surface area contributed by atoms with Crippen molar-refractivity contribution in [3.63, 3.8) is 0 Å². The first-order valence-electron chi connectivity index (χ1n) is 10.3. The molecule has 0 bridgehead atoms. The van der Waals surface area contributed by atoms with Gasteiger partial charge in [-0.2, -0.15) is 0 Å². The number of aromatic nitrogens is 2. The lowest BCUT2D eigenvalue weighted by Crippen LogP contribution is -2.50. The second-order valence-corrected chi connectivity index (χ2v) is 8.09. The van der Waals surface area contributed by atoms with E-state index in [1.54, 1.807) is 6.07 Å². The molecular weight excluding hydrogens is 412 g/mol. The molecule has 1 aliphatic rings. The standard InChI is InChI=1S/C24H25ClN4O2/c1-17-7-8-20(25)22(15-17)31-16-24(30)29-13-11-28(12-14-29)23-10-9-21(26-27-23)19-6-4-3-5-18(19)2/h3-10,15H,11-14,16H2,1-2H3. The van der Waals surface area contributed by atoms with Gasteiger partial charge >= 0.3 is 0 Å². The number of carbonyl (C=O) groups excluding carboxylic acids is 1. The van der Waals surface area contributed by atoms with Gasteiger partial charge in [-0.05, 0) is 49.2 Å². The first-order valence-corrected chi connectivity index (χ1v) is 10.7. The Labute approximate surface area is 187 Å². The highest BCUT2D eigenvalue weighted by Gasteiger charge is 2.22. The second-order valence-electron chi connectivity index (χ2n) is 7.68. The molecule has 0 aliphatic carbocycles. The first-order chi connectivity index (χ1) is 15.0. The number of carbonyl (C=O) groups is 1. The average Bonchev–Trinajstić information content (AvgIpc) is 2.80. The predicted octanol–water partition coefficient (Wildman–Crippen LogP) is 4.14. The number of rotatable bonds is 5. The fourth-order valence-corrected chi connectivity index (χ4v) is 3.81. The van der Waals surface area contributed by atoms with Crippen molar-refractivity contribution < 1.29 is 9.53 Å². The Balaban J connectivity index is 1.31. The number of hydrogen-bond acceptors (Lipinski definition) is 5. The van der Waals surface area contributed by atoms with Gasteiger partial charge in [0.25, 0.3) is 5.91 Å². The van der Waals surface area contributed by atoms with Gasteiger partial charge in [-0.3, -0.25) is 4.79 Å². The van der Waals surface area contributed by atoms with Gasteiger partial charge in [0.15, 0.2) is 12.4 Å². The van der Waals surface area contributed by atoms with Crippen molar-refractivity contribution in [3.05, 3.63) is 70.7 Å². The van der Waals surface area contributed by atoms with Crippen LogP contribution in [0.25, 0.3) is 11.3 Å². The lowest BCUT2D eigenvalue weighted by molar-refractivity contribution is -0.133. The van der Waals surface area contributed by atoms with Crippen LogP contribution in [0.3, 0.4) is 0 Å². The van der Waals surface area contributed by atoms with Crippen LogP contribution in [0.1, 0.15) is 11.1 Å². The van der Waals surface area contributed by atoms with Gasteiger partial charge in [0.2, 0.25) is 0 Å². The molecule has 0 spiro atoms. The maximum absolute atomic E-state index is 12.6. The van der Waals surface area contributed by atoms with Crippen LogP contribution in [0.2, 0.25) is 5.02 Å². The minimum atomic E-state index is -0.0433. The minimum absolute atomic E-state index is 0.0197. The molecule has 1 amide bonds. The Morgan fingerprint density at radius 3 is 2.48 bits per heavy atom. The third-order valence-electron chi connectivity index (χ3n) is 5.47. The Hall–Kier alpha value is -3.12. The number of amides is 1. The monoisotopic (exact) mass is 436 g/mol. The van der Waals surface area contributed by atoms with Gasteiger partial charge in [0.05, 0.1) is 10.7 Å².